The number of nitrogens with zero attached hydrogens (tertiary/aromatic N) is 1. The Morgan fingerprint density at radius 2 is 2.55 bits per heavy atom. The van der Waals surface area contributed by atoms with Gasteiger partial charge in [0.25, 0.3) is 0 Å². The summed E-state index contributed by atoms with van der Waals surface area (Å²) in [6.07, 6.45) is 5.83. The lowest BCUT2D eigenvalue weighted by atomic mass is 10.4. The lowest BCUT2D eigenvalue weighted by molar-refractivity contribution is 0.513. The van der Waals surface area contributed by atoms with Gasteiger partial charge in [-0.15, -0.1) is 0 Å². The lowest BCUT2D eigenvalue weighted by Gasteiger charge is -1.87. The maximum absolute atomic E-state index is 5.10. The van der Waals surface area contributed by atoms with Crippen LogP contribution in [0.3, 0.4) is 0 Å². The van der Waals surface area contributed by atoms with Crippen LogP contribution in [0, 0.1) is 0 Å². The van der Waals surface area contributed by atoms with Crippen molar-refractivity contribution in [2.45, 2.75) is 26.3 Å². The third-order valence-corrected chi connectivity index (χ3v) is 1.37. The van der Waals surface area contributed by atoms with Crippen molar-refractivity contribution in [1.29, 1.82) is 0 Å². The van der Waals surface area contributed by atoms with Crippen LogP contribution in [0.4, 0.5) is 0 Å². The first kappa shape index (κ1) is 8.05. The molecule has 0 amide bonds. The molecule has 1 rings (SSSR count). The molecule has 2 heteroatoms. The first-order chi connectivity index (χ1) is 5.43. The van der Waals surface area contributed by atoms with Gasteiger partial charge in [-0.2, -0.15) is 0 Å². The van der Waals surface area contributed by atoms with Gasteiger partial charge in [-0.1, -0.05) is 13.3 Å². The number of hydrogen-bond acceptors (Lipinski definition) is 2. The minimum absolute atomic E-state index is 0.674. The maximum atomic E-state index is 5.10. The Hall–Kier alpha value is -1.05. The fraction of sp³-hybridized carbons (Fsp3) is 0.444. The van der Waals surface area contributed by atoms with Crippen molar-refractivity contribution < 1.29 is 4.42 Å². The van der Waals surface area contributed by atoms with Crippen LogP contribution in [0.15, 0.2) is 27.8 Å². The van der Waals surface area contributed by atoms with E-state index in [4.69, 9.17) is 4.42 Å². The third-order valence-electron chi connectivity index (χ3n) is 1.37. The second-order valence-electron chi connectivity index (χ2n) is 2.39. The monoisotopic (exact) mass is 151 g/mol. The molecule has 2 nitrogen and oxygen atoms in total. The van der Waals surface area contributed by atoms with Crippen LogP contribution in [0.5, 0.6) is 0 Å². The zero-order valence-electron chi connectivity index (χ0n) is 6.79. The molecule has 0 aromatic carbocycles. The van der Waals surface area contributed by atoms with Crippen molar-refractivity contribution in [3.05, 3.63) is 24.2 Å². The Bertz CT molecular complexity index is 201. The van der Waals surface area contributed by atoms with E-state index in [0.29, 0.717) is 6.54 Å². The van der Waals surface area contributed by atoms with Crippen LogP contribution >= 0.6 is 0 Å². The molecule has 0 fully saturated rings. The lowest BCUT2D eigenvalue weighted by Crippen LogP contribution is -1.77. The van der Waals surface area contributed by atoms with Crippen LogP contribution in [-0.2, 0) is 6.54 Å². The SMILES string of the molecule is CCCC=NCc1ccco1. The molecule has 60 valence electrons. The van der Waals surface area contributed by atoms with E-state index in [0.717, 1.165) is 18.6 Å². The Morgan fingerprint density at radius 1 is 1.64 bits per heavy atom. The minimum atomic E-state index is 0.674. The van der Waals surface area contributed by atoms with Gasteiger partial charge in [-0.25, -0.2) is 0 Å². The van der Waals surface area contributed by atoms with E-state index in [9.17, 15) is 0 Å². The highest BCUT2D eigenvalue weighted by molar-refractivity contribution is 5.56. The van der Waals surface area contributed by atoms with Gasteiger partial charge in [-0.05, 0) is 24.8 Å². The summed E-state index contributed by atoms with van der Waals surface area (Å²) in [5, 5.41) is 0. The van der Waals surface area contributed by atoms with E-state index >= 15 is 0 Å². The second-order valence-corrected chi connectivity index (χ2v) is 2.39. The summed E-state index contributed by atoms with van der Waals surface area (Å²) in [7, 11) is 0. The van der Waals surface area contributed by atoms with Crippen LogP contribution in [-0.4, -0.2) is 6.21 Å². The molecule has 0 radical (unpaired) electrons. The molecule has 0 aliphatic rings. The average molecular weight is 151 g/mol. The number of furan rings is 1. The topological polar surface area (TPSA) is 25.5 Å². The summed E-state index contributed by atoms with van der Waals surface area (Å²) >= 11 is 0. The first-order valence-corrected chi connectivity index (χ1v) is 3.94. The molecule has 0 aliphatic heterocycles. The molecular formula is C9H13NO. The smallest absolute Gasteiger partial charge is 0.125 e. The normalized spacial score (nSPS) is 11.0. The van der Waals surface area contributed by atoms with Crippen LogP contribution in [0.2, 0.25) is 0 Å². The van der Waals surface area contributed by atoms with Gasteiger partial charge < -0.3 is 4.42 Å². The van der Waals surface area contributed by atoms with Crippen molar-refractivity contribution in [3.63, 3.8) is 0 Å². The molecule has 11 heavy (non-hydrogen) atoms. The fourth-order valence-corrected chi connectivity index (χ4v) is 0.777. The molecule has 0 saturated heterocycles. The van der Waals surface area contributed by atoms with Crippen molar-refractivity contribution in [1.82, 2.24) is 0 Å². The van der Waals surface area contributed by atoms with E-state index in [1.807, 2.05) is 18.3 Å². The van der Waals surface area contributed by atoms with Crippen molar-refractivity contribution in [3.8, 4) is 0 Å². The van der Waals surface area contributed by atoms with Crippen molar-refractivity contribution >= 4 is 6.21 Å². The summed E-state index contributed by atoms with van der Waals surface area (Å²) in [4.78, 5) is 4.18. The van der Waals surface area contributed by atoms with Gasteiger partial charge in [-0.3, -0.25) is 4.99 Å². The van der Waals surface area contributed by atoms with Crippen LogP contribution in [0.1, 0.15) is 25.5 Å². The summed E-state index contributed by atoms with van der Waals surface area (Å²) in [5.74, 6) is 0.928. The molecule has 0 N–H and O–H groups in total. The summed E-state index contributed by atoms with van der Waals surface area (Å²) in [6, 6.07) is 3.81. The molecule has 0 saturated carbocycles. The molecule has 0 bridgehead atoms. The highest BCUT2D eigenvalue weighted by Crippen LogP contribution is 2.00. The minimum Gasteiger partial charge on any atom is -0.467 e. The predicted octanol–water partition coefficient (Wildman–Crippen LogP) is 2.65. The van der Waals surface area contributed by atoms with E-state index in [1.165, 1.54) is 0 Å². The van der Waals surface area contributed by atoms with Gasteiger partial charge in [0.2, 0.25) is 0 Å². The highest BCUT2D eigenvalue weighted by atomic mass is 16.3. The Labute approximate surface area is 66.9 Å². The molecule has 0 unspecified atom stereocenters. The molecule has 1 aromatic heterocycles. The largest absolute Gasteiger partial charge is 0.467 e. The Morgan fingerprint density at radius 3 is 3.18 bits per heavy atom. The summed E-state index contributed by atoms with van der Waals surface area (Å²) in [5.41, 5.74) is 0. The zero-order chi connectivity index (χ0) is 7.94. The summed E-state index contributed by atoms with van der Waals surface area (Å²) in [6.45, 7) is 2.81. The molecule has 0 spiro atoms. The molecule has 1 aromatic rings. The van der Waals surface area contributed by atoms with Gasteiger partial charge in [0.1, 0.15) is 5.76 Å². The number of hydrogen-bond donors (Lipinski definition) is 0. The third kappa shape index (κ3) is 3.03. The van der Waals surface area contributed by atoms with Gasteiger partial charge >= 0.3 is 0 Å². The van der Waals surface area contributed by atoms with E-state index in [-0.39, 0.29) is 0 Å². The average Bonchev–Trinajstić information content (AvgIpc) is 2.50. The number of rotatable bonds is 4. The van der Waals surface area contributed by atoms with E-state index < -0.39 is 0 Å². The highest BCUT2D eigenvalue weighted by Gasteiger charge is 1.89. The fourth-order valence-electron chi connectivity index (χ4n) is 0.777. The van der Waals surface area contributed by atoms with E-state index in [2.05, 4.69) is 11.9 Å². The van der Waals surface area contributed by atoms with E-state index in [1.54, 1.807) is 6.26 Å². The van der Waals surface area contributed by atoms with Crippen molar-refractivity contribution in [2.24, 2.45) is 4.99 Å². The quantitative estimate of drug-likeness (QED) is 0.607. The van der Waals surface area contributed by atoms with Gasteiger partial charge in [0, 0.05) is 0 Å². The van der Waals surface area contributed by atoms with Crippen molar-refractivity contribution in [2.75, 3.05) is 0 Å². The van der Waals surface area contributed by atoms with Gasteiger partial charge in [0.15, 0.2) is 0 Å². The zero-order valence-corrected chi connectivity index (χ0v) is 6.79. The summed E-state index contributed by atoms with van der Waals surface area (Å²) < 4.78 is 5.10. The Kier molecular flexibility index (Phi) is 3.45. The first-order valence-electron chi connectivity index (χ1n) is 3.94. The number of unbranched alkanes of at least 4 members (excludes halogenated alkanes) is 1. The van der Waals surface area contributed by atoms with Crippen LogP contribution in [0.25, 0.3) is 0 Å². The Balaban J connectivity index is 2.23. The van der Waals surface area contributed by atoms with Crippen LogP contribution < -0.4 is 0 Å². The maximum Gasteiger partial charge on any atom is 0.125 e. The number of aliphatic imine (C=N–C) groups is 1. The standard InChI is InChI=1S/C9H13NO/c1-2-3-6-10-8-9-5-4-7-11-9/h4-7H,2-3,8H2,1H3. The second kappa shape index (κ2) is 4.72. The molecular weight excluding hydrogens is 138 g/mol. The predicted molar refractivity (Wildman–Crippen MR) is 45.8 cm³/mol. The van der Waals surface area contributed by atoms with Gasteiger partial charge in [0.05, 0.1) is 12.8 Å². The molecule has 1 heterocycles. The molecule has 0 aliphatic carbocycles. The molecule has 0 atom stereocenters.